The molecule has 0 aromatic rings. The Balaban J connectivity index is 3.87. The summed E-state index contributed by atoms with van der Waals surface area (Å²) in [4.78, 5) is 37.8. The summed E-state index contributed by atoms with van der Waals surface area (Å²) in [5.41, 5.74) is 0. The van der Waals surface area contributed by atoms with Crippen LogP contribution in [-0.2, 0) is 33.3 Å². The number of aliphatic carboxylic acids is 1. The molecule has 0 saturated heterocycles. The molecule has 0 saturated carbocycles. The first-order valence-electron chi connectivity index (χ1n) is 45.8. The molecule has 0 amide bonds. The van der Waals surface area contributed by atoms with Crippen molar-refractivity contribution in [2.24, 2.45) is 0 Å². The van der Waals surface area contributed by atoms with Gasteiger partial charge < -0.3 is 28.5 Å². The van der Waals surface area contributed by atoms with Crippen molar-refractivity contribution in [2.75, 3.05) is 47.5 Å². The predicted molar refractivity (Wildman–Crippen MR) is 447 cm³/mol. The van der Waals surface area contributed by atoms with Crippen LogP contribution in [0.15, 0.2) is 48.6 Å². The number of rotatable bonds is 87. The third-order valence-corrected chi connectivity index (χ3v) is 21.1. The summed E-state index contributed by atoms with van der Waals surface area (Å²) in [6, 6.07) is 0. The lowest BCUT2D eigenvalue weighted by Gasteiger charge is -2.25. The minimum absolute atomic E-state index is 0.175. The van der Waals surface area contributed by atoms with E-state index in [4.69, 9.17) is 18.9 Å². The molecule has 606 valence electrons. The normalized spacial score (nSPS) is 12.7. The van der Waals surface area contributed by atoms with Gasteiger partial charge in [-0.2, -0.15) is 0 Å². The van der Waals surface area contributed by atoms with E-state index in [-0.39, 0.29) is 38.2 Å². The highest BCUT2D eigenvalue weighted by Gasteiger charge is 2.25. The number of esters is 2. The summed E-state index contributed by atoms with van der Waals surface area (Å²) in [6.07, 6.45) is 111. The Kier molecular flexibility index (Phi) is 82.6. The maximum Gasteiger partial charge on any atom is 0.361 e. The highest BCUT2D eigenvalue weighted by Crippen LogP contribution is 2.21. The van der Waals surface area contributed by atoms with Gasteiger partial charge in [0.2, 0.25) is 0 Å². The Morgan fingerprint density at radius 3 is 0.825 bits per heavy atom. The summed E-state index contributed by atoms with van der Waals surface area (Å²) < 4.78 is 23.1. The molecule has 0 spiro atoms. The zero-order valence-corrected chi connectivity index (χ0v) is 69.8. The van der Waals surface area contributed by atoms with Crippen LogP contribution in [-0.4, -0.2) is 87.4 Å². The van der Waals surface area contributed by atoms with Crippen LogP contribution in [0.4, 0.5) is 0 Å². The molecule has 1 N–H and O–H groups in total. The van der Waals surface area contributed by atoms with Crippen LogP contribution in [0.25, 0.3) is 0 Å². The molecule has 2 atom stereocenters. The van der Waals surface area contributed by atoms with Crippen LogP contribution in [0.2, 0.25) is 0 Å². The molecule has 9 heteroatoms. The summed E-state index contributed by atoms with van der Waals surface area (Å²) in [5, 5.41) is 9.80. The Bertz CT molecular complexity index is 1840. The fourth-order valence-electron chi connectivity index (χ4n) is 14.2. The van der Waals surface area contributed by atoms with Crippen molar-refractivity contribution in [1.82, 2.24) is 0 Å². The molecule has 0 aliphatic carbocycles. The van der Waals surface area contributed by atoms with Gasteiger partial charge in [-0.05, 0) is 51.4 Å². The van der Waals surface area contributed by atoms with E-state index in [2.05, 4.69) is 62.5 Å². The first kappa shape index (κ1) is 100. The Morgan fingerprint density at radius 1 is 0.301 bits per heavy atom. The monoisotopic (exact) mass is 1450 g/mol. The lowest BCUT2D eigenvalue weighted by atomic mass is 10.0. The summed E-state index contributed by atoms with van der Waals surface area (Å²) in [7, 11) is 6.01. The van der Waals surface area contributed by atoms with Gasteiger partial charge in [0.1, 0.15) is 13.2 Å². The zero-order valence-electron chi connectivity index (χ0n) is 69.8. The van der Waals surface area contributed by atoms with E-state index in [1.807, 2.05) is 21.1 Å². The van der Waals surface area contributed by atoms with Crippen molar-refractivity contribution in [3.05, 3.63) is 48.6 Å². The van der Waals surface area contributed by atoms with E-state index in [1.165, 1.54) is 385 Å². The molecule has 0 aromatic heterocycles. The van der Waals surface area contributed by atoms with E-state index in [9.17, 15) is 19.5 Å². The quantitative estimate of drug-likeness (QED) is 0.0211. The van der Waals surface area contributed by atoms with E-state index in [1.54, 1.807) is 0 Å². The first-order chi connectivity index (χ1) is 50.6. The van der Waals surface area contributed by atoms with Crippen LogP contribution < -0.4 is 0 Å². The van der Waals surface area contributed by atoms with Gasteiger partial charge in [0.05, 0.1) is 34.4 Å². The lowest BCUT2D eigenvalue weighted by molar-refractivity contribution is -0.870. The zero-order chi connectivity index (χ0) is 74.6. The molecular weight excluding hydrogens is 1270 g/mol. The number of carbonyl (C=O) groups is 3. The van der Waals surface area contributed by atoms with Crippen LogP contribution in [0.1, 0.15) is 476 Å². The van der Waals surface area contributed by atoms with Crippen molar-refractivity contribution in [2.45, 2.75) is 489 Å². The van der Waals surface area contributed by atoms with Crippen LogP contribution in [0, 0.1) is 0 Å². The number of carboxylic acid groups (broad SMARTS) is 1. The maximum atomic E-state index is 13.0. The van der Waals surface area contributed by atoms with Crippen molar-refractivity contribution in [1.29, 1.82) is 0 Å². The summed E-state index contributed by atoms with van der Waals surface area (Å²) in [6.45, 7) is 4.86. The van der Waals surface area contributed by atoms with E-state index in [0.717, 1.165) is 64.2 Å². The second-order valence-electron chi connectivity index (χ2n) is 32.6. The number of hydrogen-bond acceptors (Lipinski definition) is 7. The average Bonchev–Trinajstić information content (AvgIpc) is 1.16. The van der Waals surface area contributed by atoms with Crippen molar-refractivity contribution < 1.29 is 42.9 Å². The Morgan fingerprint density at radius 2 is 0.553 bits per heavy atom. The summed E-state index contributed by atoms with van der Waals surface area (Å²) in [5.74, 6) is -1.97. The summed E-state index contributed by atoms with van der Waals surface area (Å²) >= 11 is 0. The van der Waals surface area contributed by atoms with Gasteiger partial charge in [0.25, 0.3) is 6.29 Å². The van der Waals surface area contributed by atoms with Gasteiger partial charge in [-0.15, -0.1) is 0 Å². The molecule has 9 nitrogen and oxygen atoms in total. The first-order valence-corrected chi connectivity index (χ1v) is 45.8. The van der Waals surface area contributed by atoms with Gasteiger partial charge in [-0.1, -0.05) is 461 Å². The van der Waals surface area contributed by atoms with Gasteiger partial charge in [0.15, 0.2) is 6.10 Å². The largest absolute Gasteiger partial charge is 0.477 e. The molecule has 103 heavy (non-hydrogen) atoms. The van der Waals surface area contributed by atoms with Gasteiger partial charge in [0, 0.05) is 12.8 Å². The molecular formula is C94H178NO8+. The molecule has 0 rings (SSSR count). The topological polar surface area (TPSA) is 108 Å². The number of likely N-dealkylation sites (N-methyl/N-ethyl adjacent to an activating group) is 1. The van der Waals surface area contributed by atoms with Crippen molar-refractivity contribution in [3.63, 3.8) is 0 Å². The van der Waals surface area contributed by atoms with Crippen LogP contribution >= 0.6 is 0 Å². The number of unbranched alkanes of at least 4 members (excludes halogenated alkanes) is 64. The number of nitrogens with zero attached hydrogens (tertiary/aromatic N) is 1. The molecule has 0 radical (unpaired) electrons. The number of allylic oxidation sites excluding steroid dienone is 8. The maximum absolute atomic E-state index is 13.0. The standard InChI is InChI=1S/C94H177NO8/c1-6-8-10-12-14-16-18-20-22-24-26-28-30-32-34-36-38-40-42-44-45-46-47-49-50-52-54-56-58-60-62-64-66-68-70-72-74-76-78-80-82-84-91(96)101-88-90(89-102-94(93(98)99)100-87-86-95(3,4)5)103-92(97)85-83-81-79-77-75-73-71-69-67-65-63-61-59-57-55-53-51-48-43-41-39-37-35-33-31-29-27-25-23-21-19-17-15-13-11-9-7-2/h9,11,15,17,21,23,27,29,90,94H,6-8,10,12-14,16,18-20,22,24-26,28,30-89H2,1-5H3/p+1/b11-9-,17-15-,23-21-,29-27-. The van der Waals surface area contributed by atoms with Gasteiger partial charge in [-0.25, -0.2) is 4.79 Å². The smallest absolute Gasteiger partial charge is 0.361 e. The van der Waals surface area contributed by atoms with E-state index in [0.29, 0.717) is 17.4 Å². The fourth-order valence-corrected chi connectivity index (χ4v) is 14.2. The number of carboxylic acids is 1. The molecule has 2 unspecified atom stereocenters. The third kappa shape index (κ3) is 86.4. The highest BCUT2D eigenvalue weighted by molar-refractivity contribution is 5.71. The molecule has 0 aliphatic heterocycles. The Labute approximate surface area is 642 Å². The van der Waals surface area contributed by atoms with Gasteiger partial charge >= 0.3 is 17.9 Å². The molecule has 0 fully saturated rings. The minimum atomic E-state index is -1.51. The Hall–Kier alpha value is -2.75. The fraction of sp³-hybridized carbons (Fsp3) is 0.883. The second-order valence-corrected chi connectivity index (χ2v) is 32.6. The van der Waals surface area contributed by atoms with Crippen molar-refractivity contribution in [3.8, 4) is 0 Å². The predicted octanol–water partition coefficient (Wildman–Crippen LogP) is 29.9. The van der Waals surface area contributed by atoms with E-state index < -0.39 is 18.4 Å². The minimum Gasteiger partial charge on any atom is -0.477 e. The number of carbonyl (C=O) groups excluding carboxylic acids is 2. The SMILES string of the molecule is CC/C=C\C/C=C\C/C=C\C/C=C\CCCCCCCCCCCCCCCCCCCCCCCCCCC(=O)OC(COC(=O)CCCCCCCCCCCCCCCCCCCCCCCCCCCCCCCCCCCCCCCCCCC)COC(OCC[N+](C)(C)C)C(=O)O. The molecule has 0 aliphatic rings. The lowest BCUT2D eigenvalue weighted by Crippen LogP contribution is -2.40. The molecule has 0 heterocycles. The number of hydrogen-bond donors (Lipinski definition) is 1. The molecule has 0 bridgehead atoms. The number of ether oxygens (including phenoxy) is 4. The van der Waals surface area contributed by atoms with Crippen LogP contribution in [0.3, 0.4) is 0 Å². The van der Waals surface area contributed by atoms with Crippen molar-refractivity contribution >= 4 is 17.9 Å². The molecule has 0 aromatic carbocycles. The van der Waals surface area contributed by atoms with Gasteiger partial charge in [-0.3, -0.25) is 9.59 Å². The van der Waals surface area contributed by atoms with Crippen LogP contribution in [0.5, 0.6) is 0 Å². The van der Waals surface area contributed by atoms with E-state index >= 15 is 0 Å². The highest BCUT2D eigenvalue weighted by atomic mass is 16.7. The average molecular weight is 1450 g/mol. The third-order valence-electron chi connectivity index (χ3n) is 21.1. The second kappa shape index (κ2) is 84.9. The number of quaternary nitrogens is 1.